The van der Waals surface area contributed by atoms with Crippen LogP contribution < -0.4 is 10.2 Å². The van der Waals surface area contributed by atoms with E-state index in [9.17, 15) is 18.0 Å². The lowest BCUT2D eigenvalue weighted by atomic mass is 10.1. The van der Waals surface area contributed by atoms with E-state index >= 15 is 0 Å². The molecule has 1 N–H and O–H groups in total. The minimum atomic E-state index is -4.46. The molecule has 144 valence electrons. The summed E-state index contributed by atoms with van der Waals surface area (Å²) in [6, 6.07) is 8.99. The molecule has 1 heterocycles. The van der Waals surface area contributed by atoms with Gasteiger partial charge in [-0.1, -0.05) is 17.2 Å². The first-order valence-corrected chi connectivity index (χ1v) is 9.10. The van der Waals surface area contributed by atoms with Crippen molar-refractivity contribution >= 4 is 17.3 Å². The summed E-state index contributed by atoms with van der Waals surface area (Å²) in [7, 11) is 0. The van der Waals surface area contributed by atoms with Crippen LogP contribution in [0, 0.1) is 13.8 Å². The van der Waals surface area contributed by atoms with Crippen LogP contribution in [0.1, 0.15) is 46.3 Å². The number of aryl methyl sites for hydroxylation is 2. The second kappa shape index (κ2) is 7.62. The van der Waals surface area contributed by atoms with Crippen LogP contribution in [0.15, 0.2) is 36.4 Å². The van der Waals surface area contributed by atoms with Gasteiger partial charge < -0.3 is 10.2 Å². The van der Waals surface area contributed by atoms with E-state index in [4.69, 9.17) is 0 Å². The number of hydrogen-bond donors (Lipinski definition) is 1. The Morgan fingerprint density at radius 3 is 2.19 bits per heavy atom. The first-order chi connectivity index (χ1) is 12.7. The first-order valence-electron chi connectivity index (χ1n) is 9.10. The number of nitrogens with one attached hydrogen (secondary N) is 1. The van der Waals surface area contributed by atoms with E-state index in [0.29, 0.717) is 11.3 Å². The Labute approximate surface area is 157 Å². The maximum atomic E-state index is 13.2. The summed E-state index contributed by atoms with van der Waals surface area (Å²) >= 11 is 0. The average Bonchev–Trinajstić information content (AvgIpc) is 2.61. The molecule has 1 saturated heterocycles. The molecule has 0 spiro atoms. The van der Waals surface area contributed by atoms with Crippen molar-refractivity contribution in [2.45, 2.75) is 39.3 Å². The molecule has 1 amide bonds. The molecule has 1 aliphatic heterocycles. The van der Waals surface area contributed by atoms with Crippen LogP contribution in [-0.4, -0.2) is 19.0 Å². The second-order valence-electron chi connectivity index (χ2n) is 7.11. The van der Waals surface area contributed by atoms with Crippen molar-refractivity contribution in [1.29, 1.82) is 0 Å². The molecule has 3 nitrogen and oxygen atoms in total. The topological polar surface area (TPSA) is 32.3 Å². The number of benzene rings is 2. The summed E-state index contributed by atoms with van der Waals surface area (Å²) in [6.45, 7) is 5.32. The molecule has 0 saturated carbocycles. The molecule has 0 radical (unpaired) electrons. The van der Waals surface area contributed by atoms with E-state index in [0.717, 1.165) is 55.6 Å². The van der Waals surface area contributed by atoms with Gasteiger partial charge in [-0.3, -0.25) is 4.79 Å². The molecule has 0 aromatic heterocycles. The second-order valence-corrected chi connectivity index (χ2v) is 7.11. The van der Waals surface area contributed by atoms with Gasteiger partial charge in [-0.15, -0.1) is 0 Å². The third-order valence-electron chi connectivity index (χ3n) is 4.75. The Morgan fingerprint density at radius 2 is 1.59 bits per heavy atom. The van der Waals surface area contributed by atoms with Gasteiger partial charge in [0.2, 0.25) is 0 Å². The highest BCUT2D eigenvalue weighted by Gasteiger charge is 2.32. The number of alkyl halides is 3. The minimum absolute atomic E-state index is 0.205. The molecule has 0 unspecified atom stereocenters. The zero-order valence-corrected chi connectivity index (χ0v) is 15.5. The predicted molar refractivity (Wildman–Crippen MR) is 101 cm³/mol. The number of carbonyl (C=O) groups excluding carboxylic acids is 1. The fourth-order valence-electron chi connectivity index (χ4n) is 3.52. The molecule has 1 fully saturated rings. The molecule has 0 aliphatic carbocycles. The van der Waals surface area contributed by atoms with Gasteiger partial charge in [0.15, 0.2) is 0 Å². The fourth-order valence-corrected chi connectivity index (χ4v) is 3.52. The van der Waals surface area contributed by atoms with Crippen LogP contribution in [0.5, 0.6) is 0 Å². The molecule has 27 heavy (non-hydrogen) atoms. The number of hydrogen-bond acceptors (Lipinski definition) is 2. The molecule has 6 heteroatoms. The molecule has 0 bridgehead atoms. The van der Waals surface area contributed by atoms with Gasteiger partial charge >= 0.3 is 6.18 Å². The standard InChI is InChI=1S/C21H23F3N2O/c1-14-10-15(2)12-16(11-14)20(27)25-18-13-17(21(22,23)24)6-7-19(18)26-8-4-3-5-9-26/h6-7,10-13H,3-5,8-9H2,1-2H3,(H,25,27). The van der Waals surface area contributed by atoms with Gasteiger partial charge in [-0.2, -0.15) is 13.2 Å². The maximum absolute atomic E-state index is 13.2. The Bertz CT molecular complexity index is 820. The van der Waals surface area contributed by atoms with Crippen molar-refractivity contribution in [3.05, 3.63) is 58.7 Å². The van der Waals surface area contributed by atoms with Crippen LogP contribution >= 0.6 is 0 Å². The van der Waals surface area contributed by atoms with E-state index < -0.39 is 17.6 Å². The molecule has 1 aliphatic rings. The van der Waals surface area contributed by atoms with Crippen molar-refractivity contribution in [3.63, 3.8) is 0 Å². The van der Waals surface area contributed by atoms with E-state index in [-0.39, 0.29) is 5.69 Å². The summed E-state index contributed by atoms with van der Waals surface area (Å²) in [4.78, 5) is 14.7. The number of amides is 1. The SMILES string of the molecule is Cc1cc(C)cc(C(=O)Nc2cc(C(F)(F)F)ccc2N2CCCCC2)c1. The Morgan fingerprint density at radius 1 is 0.963 bits per heavy atom. The summed E-state index contributed by atoms with van der Waals surface area (Å²) in [6.07, 6.45) is -1.36. The number of carbonyl (C=O) groups is 1. The largest absolute Gasteiger partial charge is 0.416 e. The number of anilines is 2. The monoisotopic (exact) mass is 376 g/mol. The normalized spacial score (nSPS) is 14.9. The summed E-state index contributed by atoms with van der Waals surface area (Å²) in [5, 5.41) is 2.71. The third kappa shape index (κ3) is 4.62. The van der Waals surface area contributed by atoms with Crippen molar-refractivity contribution in [3.8, 4) is 0 Å². The highest BCUT2D eigenvalue weighted by molar-refractivity contribution is 6.06. The fraction of sp³-hybridized carbons (Fsp3) is 0.381. The average molecular weight is 376 g/mol. The van der Waals surface area contributed by atoms with Gasteiger partial charge in [0.25, 0.3) is 5.91 Å². The Hall–Kier alpha value is -2.50. The maximum Gasteiger partial charge on any atom is 0.416 e. The summed E-state index contributed by atoms with van der Waals surface area (Å²) in [5.41, 5.74) is 2.38. The van der Waals surface area contributed by atoms with Gasteiger partial charge in [0, 0.05) is 18.7 Å². The number of nitrogens with zero attached hydrogens (tertiary/aromatic N) is 1. The molecule has 3 rings (SSSR count). The predicted octanol–water partition coefficient (Wildman–Crippen LogP) is 5.56. The van der Waals surface area contributed by atoms with Crippen LogP contribution in [0.25, 0.3) is 0 Å². The number of rotatable bonds is 3. The summed E-state index contributed by atoms with van der Waals surface area (Å²) in [5.74, 6) is -0.403. The quantitative estimate of drug-likeness (QED) is 0.760. The van der Waals surface area contributed by atoms with E-state index in [1.54, 1.807) is 12.1 Å². The molecule has 2 aromatic carbocycles. The van der Waals surface area contributed by atoms with Gasteiger partial charge in [0.1, 0.15) is 0 Å². The van der Waals surface area contributed by atoms with Crippen LogP contribution in [0.4, 0.5) is 24.5 Å². The van der Waals surface area contributed by atoms with E-state index in [2.05, 4.69) is 5.32 Å². The molecule has 2 aromatic rings. The van der Waals surface area contributed by atoms with Crippen LogP contribution in [0.2, 0.25) is 0 Å². The first kappa shape index (κ1) is 19.3. The Balaban J connectivity index is 1.96. The van der Waals surface area contributed by atoms with Gasteiger partial charge in [-0.05, 0) is 63.4 Å². The van der Waals surface area contributed by atoms with Crippen molar-refractivity contribution in [2.75, 3.05) is 23.3 Å². The van der Waals surface area contributed by atoms with Crippen LogP contribution in [0.3, 0.4) is 0 Å². The minimum Gasteiger partial charge on any atom is -0.370 e. The lowest BCUT2D eigenvalue weighted by Crippen LogP contribution is -2.30. The summed E-state index contributed by atoms with van der Waals surface area (Å²) < 4.78 is 39.5. The molecule has 0 atom stereocenters. The zero-order chi connectivity index (χ0) is 19.6. The van der Waals surface area contributed by atoms with Gasteiger partial charge in [-0.25, -0.2) is 0 Å². The number of piperidine rings is 1. The van der Waals surface area contributed by atoms with E-state index in [1.807, 2.05) is 24.8 Å². The van der Waals surface area contributed by atoms with Gasteiger partial charge in [0.05, 0.1) is 16.9 Å². The van der Waals surface area contributed by atoms with Crippen molar-refractivity contribution in [1.82, 2.24) is 0 Å². The lowest BCUT2D eigenvalue weighted by Gasteiger charge is -2.31. The van der Waals surface area contributed by atoms with Crippen LogP contribution in [-0.2, 0) is 6.18 Å². The number of halogens is 3. The third-order valence-corrected chi connectivity index (χ3v) is 4.75. The Kier molecular flexibility index (Phi) is 5.44. The zero-order valence-electron chi connectivity index (χ0n) is 15.5. The molecular weight excluding hydrogens is 353 g/mol. The smallest absolute Gasteiger partial charge is 0.370 e. The highest BCUT2D eigenvalue weighted by Crippen LogP contribution is 2.36. The lowest BCUT2D eigenvalue weighted by molar-refractivity contribution is -0.137. The van der Waals surface area contributed by atoms with Crippen molar-refractivity contribution in [2.24, 2.45) is 0 Å². The van der Waals surface area contributed by atoms with Crippen molar-refractivity contribution < 1.29 is 18.0 Å². The molecular formula is C21H23F3N2O. The highest BCUT2D eigenvalue weighted by atomic mass is 19.4. The van der Waals surface area contributed by atoms with E-state index in [1.165, 1.54) is 6.07 Å².